The molecule has 82 valence electrons. The highest BCUT2D eigenvalue weighted by Gasteiger charge is 2.03. The number of nitrogens with zero attached hydrogens (tertiary/aromatic N) is 1. The molecule has 3 heteroatoms. The molecule has 1 heterocycles. The van der Waals surface area contributed by atoms with E-state index in [0.29, 0.717) is 18.0 Å². The molecular weight excluding hydrogens is 210 g/mol. The van der Waals surface area contributed by atoms with Crippen LogP contribution in [0.15, 0.2) is 18.3 Å². The zero-order valence-electron chi connectivity index (χ0n) is 9.00. The van der Waals surface area contributed by atoms with Crippen molar-refractivity contribution >= 4 is 17.4 Å². The summed E-state index contributed by atoms with van der Waals surface area (Å²) < 4.78 is 0. The molecule has 15 heavy (non-hydrogen) atoms. The molecular formula is C12H16ClNO. The number of rotatable bonds is 6. The lowest BCUT2D eigenvalue weighted by molar-refractivity contribution is -0.118. The van der Waals surface area contributed by atoms with Crippen LogP contribution in [0, 0.1) is 0 Å². The first-order valence-corrected chi connectivity index (χ1v) is 5.72. The van der Waals surface area contributed by atoms with E-state index in [2.05, 4.69) is 11.9 Å². The lowest BCUT2D eigenvalue weighted by Gasteiger charge is -2.00. The second-order valence-electron chi connectivity index (χ2n) is 3.66. The summed E-state index contributed by atoms with van der Waals surface area (Å²) in [6.45, 7) is 2.13. The van der Waals surface area contributed by atoms with E-state index in [-0.39, 0.29) is 5.78 Å². The van der Waals surface area contributed by atoms with Crippen LogP contribution in [0.2, 0.25) is 5.15 Å². The Labute approximate surface area is 95.7 Å². The quantitative estimate of drug-likeness (QED) is 0.549. The zero-order chi connectivity index (χ0) is 11.1. The molecule has 1 aromatic heterocycles. The first-order chi connectivity index (χ1) is 7.22. The van der Waals surface area contributed by atoms with Crippen molar-refractivity contribution in [1.29, 1.82) is 0 Å². The Morgan fingerprint density at radius 2 is 2.20 bits per heavy atom. The maximum Gasteiger partial charge on any atom is 0.137 e. The molecule has 0 amide bonds. The molecule has 0 saturated carbocycles. The third kappa shape index (κ3) is 4.93. The van der Waals surface area contributed by atoms with E-state index in [1.807, 2.05) is 6.07 Å². The van der Waals surface area contributed by atoms with E-state index in [1.165, 1.54) is 0 Å². The minimum atomic E-state index is 0.285. The second kappa shape index (κ2) is 6.57. The highest BCUT2D eigenvalue weighted by Crippen LogP contribution is 2.08. The zero-order valence-corrected chi connectivity index (χ0v) is 9.76. The molecule has 2 nitrogen and oxygen atoms in total. The van der Waals surface area contributed by atoms with Crippen molar-refractivity contribution in [2.24, 2.45) is 0 Å². The van der Waals surface area contributed by atoms with Crippen molar-refractivity contribution in [2.75, 3.05) is 0 Å². The Morgan fingerprint density at radius 3 is 2.80 bits per heavy atom. The number of unbranched alkanes of at least 4 members (excludes halogenated alkanes) is 2. The number of halogens is 1. The number of carbonyl (C=O) groups excluding carboxylic acids is 1. The molecule has 0 unspecified atom stereocenters. The van der Waals surface area contributed by atoms with Crippen molar-refractivity contribution in [3.63, 3.8) is 0 Å². The van der Waals surface area contributed by atoms with Gasteiger partial charge in [-0.1, -0.05) is 37.4 Å². The van der Waals surface area contributed by atoms with Gasteiger partial charge in [0, 0.05) is 19.0 Å². The Bertz CT molecular complexity index is 308. The number of hydrogen-bond acceptors (Lipinski definition) is 2. The number of Topliss-reactive ketones (excluding diaryl/α,β-unsaturated/α-hetero) is 1. The van der Waals surface area contributed by atoms with Gasteiger partial charge in [0.1, 0.15) is 10.9 Å². The number of aromatic nitrogens is 1. The summed E-state index contributed by atoms with van der Waals surface area (Å²) >= 11 is 5.65. The molecule has 0 aliphatic heterocycles. The molecule has 0 aliphatic rings. The van der Waals surface area contributed by atoms with Gasteiger partial charge in [0.05, 0.1) is 0 Å². The highest BCUT2D eigenvalue weighted by atomic mass is 35.5. The van der Waals surface area contributed by atoms with Crippen LogP contribution in [0.1, 0.15) is 38.2 Å². The summed E-state index contributed by atoms with van der Waals surface area (Å²) in [5, 5.41) is 0.470. The Morgan fingerprint density at radius 1 is 1.40 bits per heavy atom. The van der Waals surface area contributed by atoms with Gasteiger partial charge in [-0.05, 0) is 18.1 Å². The number of hydrogen-bond donors (Lipinski definition) is 0. The molecule has 1 rings (SSSR count). The van der Waals surface area contributed by atoms with Crippen LogP contribution in [-0.4, -0.2) is 10.8 Å². The smallest absolute Gasteiger partial charge is 0.137 e. The summed E-state index contributed by atoms with van der Waals surface area (Å²) in [5.41, 5.74) is 0.945. The topological polar surface area (TPSA) is 30.0 Å². The fraction of sp³-hybridized carbons (Fsp3) is 0.500. The largest absolute Gasteiger partial charge is 0.299 e. The summed E-state index contributed by atoms with van der Waals surface area (Å²) in [6, 6.07) is 3.57. The SMILES string of the molecule is CCCCCC(=O)Cc1ccc(Cl)nc1. The molecule has 0 atom stereocenters. The summed E-state index contributed by atoms with van der Waals surface area (Å²) in [7, 11) is 0. The van der Waals surface area contributed by atoms with Gasteiger partial charge in [-0.15, -0.1) is 0 Å². The van der Waals surface area contributed by atoms with Gasteiger partial charge >= 0.3 is 0 Å². The summed E-state index contributed by atoms with van der Waals surface area (Å²) in [4.78, 5) is 15.5. The van der Waals surface area contributed by atoms with E-state index >= 15 is 0 Å². The lowest BCUT2D eigenvalue weighted by Crippen LogP contribution is -2.02. The number of carbonyl (C=O) groups is 1. The van der Waals surface area contributed by atoms with Crippen LogP contribution >= 0.6 is 11.6 Å². The van der Waals surface area contributed by atoms with Crippen molar-refractivity contribution in [3.8, 4) is 0 Å². The monoisotopic (exact) mass is 225 g/mol. The molecule has 0 aromatic carbocycles. The van der Waals surface area contributed by atoms with Gasteiger partial charge < -0.3 is 0 Å². The number of ketones is 1. The van der Waals surface area contributed by atoms with Gasteiger partial charge in [0.25, 0.3) is 0 Å². The van der Waals surface area contributed by atoms with E-state index in [4.69, 9.17) is 11.6 Å². The second-order valence-corrected chi connectivity index (χ2v) is 4.05. The van der Waals surface area contributed by atoms with Crippen LogP contribution in [-0.2, 0) is 11.2 Å². The van der Waals surface area contributed by atoms with Gasteiger partial charge in [-0.25, -0.2) is 4.98 Å². The van der Waals surface area contributed by atoms with Crippen molar-refractivity contribution < 1.29 is 4.79 Å². The predicted octanol–water partition coefficient (Wildman–Crippen LogP) is 3.43. The summed E-state index contributed by atoms with van der Waals surface area (Å²) in [5.74, 6) is 0.285. The molecule has 0 aliphatic carbocycles. The predicted molar refractivity (Wildman–Crippen MR) is 62.1 cm³/mol. The average Bonchev–Trinajstić information content (AvgIpc) is 2.22. The Hall–Kier alpha value is -0.890. The first-order valence-electron chi connectivity index (χ1n) is 5.34. The van der Waals surface area contributed by atoms with Crippen LogP contribution in [0.5, 0.6) is 0 Å². The van der Waals surface area contributed by atoms with E-state index < -0.39 is 0 Å². The normalized spacial score (nSPS) is 10.3. The maximum absolute atomic E-state index is 11.5. The molecule has 0 N–H and O–H groups in total. The average molecular weight is 226 g/mol. The van der Waals surface area contributed by atoms with Crippen molar-refractivity contribution in [1.82, 2.24) is 4.98 Å². The molecule has 1 aromatic rings. The first kappa shape index (κ1) is 12.2. The van der Waals surface area contributed by atoms with Crippen LogP contribution in [0.3, 0.4) is 0 Å². The lowest BCUT2D eigenvalue weighted by atomic mass is 10.1. The van der Waals surface area contributed by atoms with Crippen molar-refractivity contribution in [3.05, 3.63) is 29.0 Å². The Balaban J connectivity index is 2.34. The third-order valence-corrected chi connectivity index (χ3v) is 2.47. The molecule has 0 spiro atoms. The maximum atomic E-state index is 11.5. The highest BCUT2D eigenvalue weighted by molar-refractivity contribution is 6.29. The molecule has 0 radical (unpaired) electrons. The molecule has 0 fully saturated rings. The third-order valence-electron chi connectivity index (χ3n) is 2.25. The van der Waals surface area contributed by atoms with Crippen LogP contribution < -0.4 is 0 Å². The van der Waals surface area contributed by atoms with Crippen LogP contribution in [0.4, 0.5) is 0 Å². The van der Waals surface area contributed by atoms with Gasteiger partial charge in [0.15, 0.2) is 0 Å². The summed E-state index contributed by atoms with van der Waals surface area (Å²) in [6.07, 6.45) is 6.10. The van der Waals surface area contributed by atoms with Gasteiger partial charge in [-0.2, -0.15) is 0 Å². The van der Waals surface area contributed by atoms with Crippen LogP contribution in [0.25, 0.3) is 0 Å². The molecule has 0 bridgehead atoms. The van der Waals surface area contributed by atoms with Gasteiger partial charge in [0.2, 0.25) is 0 Å². The number of pyridine rings is 1. The van der Waals surface area contributed by atoms with E-state index in [0.717, 1.165) is 24.8 Å². The fourth-order valence-electron chi connectivity index (χ4n) is 1.40. The Kier molecular flexibility index (Phi) is 5.33. The fourth-order valence-corrected chi connectivity index (χ4v) is 1.51. The molecule has 0 saturated heterocycles. The van der Waals surface area contributed by atoms with Gasteiger partial charge in [-0.3, -0.25) is 4.79 Å². The standard InChI is InChI=1S/C12H16ClNO/c1-2-3-4-5-11(15)8-10-6-7-12(13)14-9-10/h6-7,9H,2-5,8H2,1H3. The van der Waals surface area contributed by atoms with Crippen molar-refractivity contribution in [2.45, 2.75) is 39.0 Å². The van der Waals surface area contributed by atoms with E-state index in [9.17, 15) is 4.79 Å². The minimum absolute atomic E-state index is 0.285. The minimum Gasteiger partial charge on any atom is -0.299 e. The van der Waals surface area contributed by atoms with E-state index in [1.54, 1.807) is 12.3 Å².